The Morgan fingerprint density at radius 2 is 1.86 bits per heavy atom. The number of nitrogens with one attached hydrogen (secondary N) is 2. The summed E-state index contributed by atoms with van der Waals surface area (Å²) in [6, 6.07) is 3.57. The molecule has 0 heterocycles. The smallest absolute Gasteiger partial charge is 0.203 e. The normalized spacial score (nSPS) is 10.0. The molecule has 1 rings (SSSR count). The highest BCUT2D eigenvalue weighted by atomic mass is 32.1. The van der Waals surface area contributed by atoms with Crippen LogP contribution < -0.4 is 25.0 Å². The molecule has 0 saturated carbocycles. The summed E-state index contributed by atoms with van der Waals surface area (Å²) in [6.45, 7) is 4.16. The number of hydrogen-bond acceptors (Lipinski definition) is 5. The van der Waals surface area contributed by atoms with E-state index < -0.39 is 0 Å². The van der Waals surface area contributed by atoms with Gasteiger partial charge in [0, 0.05) is 12.1 Å². The van der Waals surface area contributed by atoms with E-state index in [4.69, 9.17) is 26.4 Å². The largest absolute Gasteiger partial charge is 0.493 e. The van der Waals surface area contributed by atoms with Gasteiger partial charge in [0.1, 0.15) is 0 Å². The second kappa shape index (κ2) is 8.80. The van der Waals surface area contributed by atoms with Gasteiger partial charge in [0.25, 0.3) is 0 Å². The van der Waals surface area contributed by atoms with Crippen LogP contribution in [0.2, 0.25) is 0 Å². The summed E-state index contributed by atoms with van der Waals surface area (Å²) in [7, 11) is 4.68. The summed E-state index contributed by atoms with van der Waals surface area (Å²) in [5.41, 5.74) is 3.48. The number of ether oxygens (including phenoxy) is 3. The Morgan fingerprint density at radius 3 is 2.33 bits per heavy atom. The molecule has 0 aliphatic rings. The molecule has 0 aromatic heterocycles. The zero-order valence-electron chi connectivity index (χ0n) is 12.3. The predicted octanol–water partition coefficient (Wildman–Crippen LogP) is 1.70. The molecule has 6 nitrogen and oxygen atoms in total. The highest BCUT2D eigenvalue weighted by Gasteiger charge is 2.12. The second-order valence-corrected chi connectivity index (χ2v) is 4.24. The van der Waals surface area contributed by atoms with E-state index in [0.717, 1.165) is 5.56 Å². The van der Waals surface area contributed by atoms with Crippen LogP contribution in [-0.4, -0.2) is 39.2 Å². The highest BCUT2D eigenvalue weighted by Crippen LogP contribution is 2.37. The van der Waals surface area contributed by atoms with E-state index in [9.17, 15) is 0 Å². The minimum atomic E-state index is 0.415. The van der Waals surface area contributed by atoms with Crippen molar-refractivity contribution in [2.24, 2.45) is 5.10 Å². The average Bonchev–Trinajstić information content (AvgIpc) is 2.51. The molecule has 1 aromatic rings. The van der Waals surface area contributed by atoms with Crippen LogP contribution in [0.5, 0.6) is 17.2 Å². The van der Waals surface area contributed by atoms with Crippen molar-refractivity contribution < 1.29 is 14.2 Å². The van der Waals surface area contributed by atoms with Crippen LogP contribution in [-0.2, 0) is 0 Å². The third-order valence-corrected chi connectivity index (χ3v) is 2.71. The lowest BCUT2D eigenvalue weighted by Crippen LogP contribution is -2.31. The predicted molar refractivity (Wildman–Crippen MR) is 87.6 cm³/mol. The Morgan fingerprint density at radius 1 is 1.24 bits per heavy atom. The van der Waals surface area contributed by atoms with Gasteiger partial charge < -0.3 is 19.5 Å². The van der Waals surface area contributed by atoms with Crippen LogP contribution in [0.4, 0.5) is 0 Å². The van der Waals surface area contributed by atoms with Crippen LogP contribution in [0.25, 0.3) is 0 Å². The number of benzene rings is 1. The fourth-order valence-electron chi connectivity index (χ4n) is 1.55. The molecule has 0 aliphatic carbocycles. The summed E-state index contributed by atoms with van der Waals surface area (Å²) in [4.78, 5) is 0. The lowest BCUT2D eigenvalue weighted by atomic mass is 10.2. The Bertz CT molecular complexity index is 507. The first kappa shape index (κ1) is 16.8. The molecule has 0 aliphatic heterocycles. The molecule has 0 unspecified atom stereocenters. The third kappa shape index (κ3) is 4.96. The zero-order chi connectivity index (χ0) is 15.7. The first-order valence-electron chi connectivity index (χ1n) is 6.14. The van der Waals surface area contributed by atoms with Gasteiger partial charge in [-0.15, -0.1) is 6.58 Å². The number of hydrazone groups is 1. The van der Waals surface area contributed by atoms with Crippen LogP contribution in [0.15, 0.2) is 29.9 Å². The van der Waals surface area contributed by atoms with Gasteiger partial charge in [-0.3, -0.25) is 5.43 Å². The molecule has 114 valence electrons. The summed E-state index contributed by atoms with van der Waals surface area (Å²) >= 11 is 5.02. The summed E-state index contributed by atoms with van der Waals surface area (Å²) in [5, 5.41) is 7.35. The van der Waals surface area contributed by atoms with Gasteiger partial charge in [0.05, 0.1) is 27.5 Å². The molecule has 7 heteroatoms. The summed E-state index contributed by atoms with van der Waals surface area (Å²) < 4.78 is 15.8. The molecule has 0 atom stereocenters. The van der Waals surface area contributed by atoms with Gasteiger partial charge in [-0.25, -0.2) is 0 Å². The summed E-state index contributed by atoms with van der Waals surface area (Å²) in [6.07, 6.45) is 3.31. The van der Waals surface area contributed by atoms with Crippen LogP contribution in [0, 0.1) is 0 Å². The molecule has 21 heavy (non-hydrogen) atoms. The first-order valence-corrected chi connectivity index (χ1v) is 6.54. The van der Waals surface area contributed by atoms with Crippen molar-refractivity contribution in [3.8, 4) is 17.2 Å². The van der Waals surface area contributed by atoms with Crippen molar-refractivity contribution in [1.29, 1.82) is 0 Å². The Labute approximate surface area is 129 Å². The second-order valence-electron chi connectivity index (χ2n) is 3.83. The van der Waals surface area contributed by atoms with E-state index in [1.165, 1.54) is 0 Å². The Balaban J connectivity index is 2.83. The van der Waals surface area contributed by atoms with Crippen LogP contribution in [0.1, 0.15) is 5.56 Å². The molecule has 0 saturated heterocycles. The van der Waals surface area contributed by atoms with Gasteiger partial charge in [-0.1, -0.05) is 6.08 Å². The Kier molecular flexibility index (Phi) is 7.03. The van der Waals surface area contributed by atoms with Gasteiger partial charge in [-0.2, -0.15) is 5.10 Å². The van der Waals surface area contributed by atoms with E-state index in [2.05, 4.69) is 22.4 Å². The lowest BCUT2D eigenvalue weighted by molar-refractivity contribution is 0.324. The maximum Gasteiger partial charge on any atom is 0.203 e. The van der Waals surface area contributed by atoms with Crippen LogP contribution >= 0.6 is 12.2 Å². The number of nitrogens with zero attached hydrogens (tertiary/aromatic N) is 1. The number of methoxy groups -OCH3 is 3. The van der Waals surface area contributed by atoms with Gasteiger partial charge in [0.15, 0.2) is 16.6 Å². The van der Waals surface area contributed by atoms with Crippen LogP contribution in [0.3, 0.4) is 0 Å². The van der Waals surface area contributed by atoms with E-state index in [1.54, 1.807) is 45.8 Å². The molecule has 0 bridgehead atoms. The molecule has 2 N–H and O–H groups in total. The number of thiocarbonyl (C=S) groups is 1. The van der Waals surface area contributed by atoms with E-state index in [1.807, 2.05) is 0 Å². The van der Waals surface area contributed by atoms with Gasteiger partial charge in [-0.05, 0) is 24.4 Å². The van der Waals surface area contributed by atoms with Gasteiger partial charge >= 0.3 is 0 Å². The lowest BCUT2D eigenvalue weighted by Gasteiger charge is -2.12. The average molecular weight is 309 g/mol. The SMILES string of the molecule is C=CCNC(=S)N/N=C\c1cc(OC)c(OC)c(OC)c1. The molecule has 0 amide bonds. The standard InChI is InChI=1S/C14H19N3O3S/c1-5-6-15-14(21)17-16-9-10-7-11(18-2)13(20-4)12(8-10)19-3/h5,7-9H,1,6H2,2-4H3,(H2,15,17,21)/b16-9-. The van der Waals surface area contributed by atoms with E-state index in [0.29, 0.717) is 28.9 Å². The highest BCUT2D eigenvalue weighted by molar-refractivity contribution is 7.80. The minimum Gasteiger partial charge on any atom is -0.493 e. The monoisotopic (exact) mass is 309 g/mol. The van der Waals surface area contributed by atoms with E-state index >= 15 is 0 Å². The molecular weight excluding hydrogens is 290 g/mol. The fourth-order valence-corrected chi connectivity index (χ4v) is 1.68. The molecule has 1 aromatic carbocycles. The zero-order valence-corrected chi connectivity index (χ0v) is 13.1. The van der Waals surface area contributed by atoms with Crippen molar-refractivity contribution in [1.82, 2.24) is 10.7 Å². The fraction of sp³-hybridized carbons (Fsp3) is 0.286. The third-order valence-electron chi connectivity index (χ3n) is 2.47. The summed E-state index contributed by atoms with van der Waals surface area (Å²) in [5.74, 6) is 1.66. The van der Waals surface area contributed by atoms with Crippen molar-refractivity contribution >= 4 is 23.5 Å². The Hall–Kier alpha value is -2.28. The minimum absolute atomic E-state index is 0.415. The maximum atomic E-state index is 5.26. The van der Waals surface area contributed by atoms with Crippen molar-refractivity contribution in [3.63, 3.8) is 0 Å². The van der Waals surface area contributed by atoms with Crippen molar-refractivity contribution in [2.45, 2.75) is 0 Å². The maximum absolute atomic E-state index is 5.26. The van der Waals surface area contributed by atoms with Crippen molar-refractivity contribution in [3.05, 3.63) is 30.4 Å². The molecular formula is C14H19N3O3S. The molecule has 0 radical (unpaired) electrons. The number of rotatable bonds is 7. The topological polar surface area (TPSA) is 64.1 Å². The number of hydrogen-bond donors (Lipinski definition) is 2. The molecule has 0 fully saturated rings. The molecule has 0 spiro atoms. The van der Waals surface area contributed by atoms with E-state index in [-0.39, 0.29) is 0 Å². The van der Waals surface area contributed by atoms with Gasteiger partial charge in [0.2, 0.25) is 5.75 Å². The van der Waals surface area contributed by atoms with Crippen molar-refractivity contribution in [2.75, 3.05) is 27.9 Å². The first-order chi connectivity index (χ1) is 10.2. The quantitative estimate of drug-likeness (QED) is 0.346.